The number of amides is 1. The minimum absolute atomic E-state index is 0. The molecule has 65 heavy (non-hydrogen) atoms. The molecule has 1 atom stereocenters. The van der Waals surface area contributed by atoms with Crippen LogP contribution in [0.3, 0.4) is 0 Å². The van der Waals surface area contributed by atoms with E-state index in [1.54, 1.807) is 17.1 Å². The molecular formula is C51H64N10O4. The molecular weight excluding hydrogens is 817 g/mol. The maximum atomic E-state index is 12.7. The molecule has 1 unspecified atom stereocenters. The monoisotopic (exact) mass is 881 g/mol. The predicted octanol–water partition coefficient (Wildman–Crippen LogP) is 10.8. The number of nitrogens with zero attached hydrogens (tertiary/aromatic N) is 7. The third-order valence-corrected chi connectivity index (χ3v) is 11.4. The number of rotatable bonds is 12. The summed E-state index contributed by atoms with van der Waals surface area (Å²) in [6, 6.07) is 14.6. The number of H-pyrrole nitrogens is 2. The van der Waals surface area contributed by atoms with E-state index in [2.05, 4.69) is 92.8 Å². The van der Waals surface area contributed by atoms with Crippen LogP contribution in [0.1, 0.15) is 108 Å². The Bertz CT molecular complexity index is 2790. The van der Waals surface area contributed by atoms with Crippen LogP contribution in [0, 0.1) is 20.8 Å². The van der Waals surface area contributed by atoms with Gasteiger partial charge in [-0.3, -0.25) is 25.0 Å². The quantitative estimate of drug-likeness (QED) is 0.100. The number of hydrogen-bond acceptors (Lipinski definition) is 10. The average Bonchev–Trinajstić information content (AvgIpc) is 4.01. The Morgan fingerprint density at radius 2 is 1.60 bits per heavy atom. The van der Waals surface area contributed by atoms with Crippen LogP contribution in [0.4, 0.5) is 4.79 Å². The largest absolute Gasteiger partial charge is 0.444 e. The second-order valence-electron chi connectivity index (χ2n) is 17.3. The Balaban J connectivity index is 0.000000226. The lowest BCUT2D eigenvalue weighted by Gasteiger charge is -2.27. The van der Waals surface area contributed by atoms with E-state index in [1.807, 2.05) is 70.2 Å². The fourth-order valence-electron chi connectivity index (χ4n) is 7.86. The van der Waals surface area contributed by atoms with Crippen LogP contribution in [0.15, 0.2) is 73.3 Å². The van der Waals surface area contributed by atoms with Crippen molar-refractivity contribution in [2.24, 2.45) is 0 Å². The number of pyridine rings is 2. The minimum Gasteiger partial charge on any atom is -0.444 e. The summed E-state index contributed by atoms with van der Waals surface area (Å²) < 4.78 is 13.5. The van der Waals surface area contributed by atoms with Gasteiger partial charge in [0.25, 0.3) is 0 Å². The first kappa shape index (κ1) is 48.0. The van der Waals surface area contributed by atoms with Gasteiger partial charge in [0, 0.05) is 72.1 Å². The lowest BCUT2D eigenvalue weighted by Crippen LogP contribution is -2.36. The average molecular weight is 881 g/mol. The normalized spacial score (nSPS) is 14.0. The van der Waals surface area contributed by atoms with Crippen molar-refractivity contribution in [2.45, 2.75) is 114 Å². The van der Waals surface area contributed by atoms with Crippen molar-refractivity contribution in [3.05, 3.63) is 107 Å². The molecule has 1 saturated heterocycles. The Labute approximate surface area is 382 Å². The van der Waals surface area contributed by atoms with E-state index in [4.69, 9.17) is 14.6 Å². The molecule has 1 fully saturated rings. The number of ketones is 1. The molecule has 2 aromatic carbocycles. The SMILES string of the molecule is C.CCN(Cc1cncc(-c2ccc3c(c2)c(/C=C/C(C)=O)nn3C2CCCCO2)c1C)C(=O)OC(C)(C)C.CCNCc1cncc(-c2ccc3[nH]nc(-c4cc(C)[nH]n4)c3c2)c1C. The molecule has 3 N–H and O–H groups in total. The van der Waals surface area contributed by atoms with Gasteiger partial charge in [-0.05, 0) is 157 Å². The first-order chi connectivity index (χ1) is 30.7. The van der Waals surface area contributed by atoms with Crippen LogP contribution in [0.25, 0.3) is 61.5 Å². The fraction of sp³-hybridized carbons (Fsp3) is 0.392. The zero-order chi connectivity index (χ0) is 45.5. The third kappa shape index (κ3) is 11.2. The van der Waals surface area contributed by atoms with Gasteiger partial charge in [-0.1, -0.05) is 26.5 Å². The molecule has 0 spiro atoms. The molecule has 1 aliphatic rings. The molecule has 0 saturated carbocycles. The van der Waals surface area contributed by atoms with Crippen molar-refractivity contribution in [3.63, 3.8) is 0 Å². The Morgan fingerprint density at radius 1 is 0.908 bits per heavy atom. The van der Waals surface area contributed by atoms with Crippen LogP contribution < -0.4 is 5.32 Å². The number of benzene rings is 2. The highest BCUT2D eigenvalue weighted by Gasteiger charge is 2.24. The second-order valence-corrected chi connectivity index (χ2v) is 17.3. The molecule has 0 bridgehead atoms. The smallest absolute Gasteiger partial charge is 0.410 e. The number of carbonyl (C=O) groups excluding carboxylic acids is 2. The van der Waals surface area contributed by atoms with E-state index in [9.17, 15) is 9.59 Å². The summed E-state index contributed by atoms with van der Waals surface area (Å²) in [6.07, 6.45) is 13.5. The van der Waals surface area contributed by atoms with Crippen LogP contribution in [0.2, 0.25) is 0 Å². The van der Waals surface area contributed by atoms with Gasteiger partial charge in [0.05, 0.1) is 23.3 Å². The second kappa shape index (κ2) is 21.0. The highest BCUT2D eigenvalue weighted by atomic mass is 16.6. The molecule has 342 valence electrons. The summed E-state index contributed by atoms with van der Waals surface area (Å²) in [7, 11) is 0. The van der Waals surface area contributed by atoms with Gasteiger partial charge in [0.1, 0.15) is 17.0 Å². The Hall–Kier alpha value is -6.51. The zero-order valence-electron chi connectivity index (χ0n) is 38.5. The number of nitrogens with one attached hydrogen (secondary N) is 3. The Kier molecular flexibility index (Phi) is 15.5. The van der Waals surface area contributed by atoms with Crippen LogP contribution in [-0.2, 0) is 27.4 Å². The van der Waals surface area contributed by atoms with Crippen molar-refractivity contribution in [1.82, 2.24) is 50.4 Å². The first-order valence-corrected chi connectivity index (χ1v) is 22.1. The molecule has 0 aliphatic carbocycles. The first-order valence-electron chi connectivity index (χ1n) is 22.1. The van der Waals surface area contributed by atoms with Gasteiger partial charge >= 0.3 is 6.09 Å². The highest BCUT2D eigenvalue weighted by Crippen LogP contribution is 2.35. The number of fused-ring (bicyclic) bond motifs is 2. The number of hydrogen-bond donors (Lipinski definition) is 3. The van der Waals surface area contributed by atoms with E-state index in [-0.39, 0.29) is 25.5 Å². The number of aromatic nitrogens is 8. The van der Waals surface area contributed by atoms with Crippen molar-refractivity contribution in [2.75, 3.05) is 19.7 Å². The van der Waals surface area contributed by atoms with Crippen LogP contribution >= 0.6 is 0 Å². The van der Waals surface area contributed by atoms with Crippen molar-refractivity contribution < 1.29 is 19.1 Å². The van der Waals surface area contributed by atoms with Gasteiger partial charge in [0.15, 0.2) is 12.0 Å². The molecule has 5 aromatic heterocycles. The maximum absolute atomic E-state index is 12.7. The topological polar surface area (TPSA) is 169 Å². The summed E-state index contributed by atoms with van der Waals surface area (Å²) in [4.78, 5) is 35.0. The fourth-order valence-corrected chi connectivity index (χ4v) is 7.86. The molecule has 6 heterocycles. The van der Waals surface area contributed by atoms with Gasteiger partial charge in [-0.25, -0.2) is 9.48 Å². The molecule has 8 rings (SSSR count). The lowest BCUT2D eigenvalue weighted by atomic mass is 9.97. The molecule has 7 aromatic rings. The molecule has 14 heteroatoms. The van der Waals surface area contributed by atoms with Crippen molar-refractivity contribution >= 4 is 39.8 Å². The number of carbonyl (C=O) groups is 2. The molecule has 0 radical (unpaired) electrons. The van der Waals surface area contributed by atoms with Crippen molar-refractivity contribution in [3.8, 4) is 33.6 Å². The van der Waals surface area contributed by atoms with E-state index >= 15 is 0 Å². The number of allylic oxidation sites excluding steroid dienone is 1. The lowest BCUT2D eigenvalue weighted by molar-refractivity contribution is -0.112. The summed E-state index contributed by atoms with van der Waals surface area (Å²) in [5.74, 6) is -0.0315. The van der Waals surface area contributed by atoms with Crippen molar-refractivity contribution in [1.29, 1.82) is 0 Å². The number of aryl methyl sites for hydroxylation is 1. The molecule has 14 nitrogen and oxygen atoms in total. The summed E-state index contributed by atoms with van der Waals surface area (Å²) in [5.41, 5.74) is 13.6. The molecule has 1 aliphatic heterocycles. The van der Waals surface area contributed by atoms with Gasteiger partial charge in [0.2, 0.25) is 0 Å². The summed E-state index contributed by atoms with van der Waals surface area (Å²) >= 11 is 0. The number of ether oxygens (including phenoxy) is 2. The van der Waals surface area contributed by atoms with Crippen LogP contribution in [0.5, 0.6) is 0 Å². The maximum Gasteiger partial charge on any atom is 0.410 e. The van der Waals surface area contributed by atoms with E-state index < -0.39 is 5.60 Å². The highest BCUT2D eigenvalue weighted by molar-refractivity contribution is 5.97. The standard InChI is InChI=1S/C30H38N4O4.C20H22N6.CH4/c1-7-33(29(36)38-30(4,5)6)19-23-17-31-18-25(21(23)3)22-12-14-27-24(16-22)26(13-11-20(2)35)32-34(27)28-10-8-9-15-37-28;1-4-21-9-15-10-22-11-17(13(15)3)14-5-6-18-16(8-14)20(26-24-18)19-7-12(2)23-25-19;/h11-14,16-18,28H,7-10,15,19H2,1-6H3;5-8,10-11,21H,4,9H2,1-3H3,(H,23,25)(H,24,26);1H4/b13-11+;;. The molecule has 1 amide bonds. The third-order valence-electron chi connectivity index (χ3n) is 11.4. The van der Waals surface area contributed by atoms with Gasteiger partial charge < -0.3 is 19.7 Å². The summed E-state index contributed by atoms with van der Waals surface area (Å²) in [5, 5.41) is 25.1. The van der Waals surface area contributed by atoms with Gasteiger partial charge in [-0.15, -0.1) is 0 Å². The Morgan fingerprint density at radius 3 is 2.23 bits per heavy atom. The van der Waals surface area contributed by atoms with Gasteiger partial charge in [-0.2, -0.15) is 15.3 Å². The van der Waals surface area contributed by atoms with E-state index in [0.29, 0.717) is 13.1 Å². The minimum atomic E-state index is -0.559. The summed E-state index contributed by atoms with van der Waals surface area (Å²) in [6.45, 7) is 20.8. The van der Waals surface area contributed by atoms with E-state index in [1.165, 1.54) is 18.1 Å². The van der Waals surface area contributed by atoms with E-state index in [0.717, 1.165) is 117 Å². The van der Waals surface area contributed by atoms with Crippen LogP contribution in [-0.4, -0.2) is 82.2 Å². The predicted molar refractivity (Wildman–Crippen MR) is 259 cm³/mol. The zero-order valence-corrected chi connectivity index (χ0v) is 38.5. The number of aromatic amines is 2.